The molecule has 2 fully saturated rings. The molecule has 0 spiro atoms. The van der Waals surface area contributed by atoms with Crippen molar-refractivity contribution in [2.75, 3.05) is 6.61 Å². The van der Waals surface area contributed by atoms with Crippen LogP contribution in [0, 0.1) is 17.8 Å². The van der Waals surface area contributed by atoms with Gasteiger partial charge in [0, 0.05) is 12.5 Å². The first-order chi connectivity index (χ1) is 10.1. The molecule has 0 radical (unpaired) electrons. The number of amides is 1. The van der Waals surface area contributed by atoms with Crippen molar-refractivity contribution in [1.82, 2.24) is 5.32 Å². The predicted molar refractivity (Wildman–Crippen MR) is 81.6 cm³/mol. The van der Waals surface area contributed by atoms with Crippen LogP contribution in [0.15, 0.2) is 0 Å². The minimum atomic E-state index is -0.220. The first-order valence-electron chi connectivity index (χ1n) is 8.51. The van der Waals surface area contributed by atoms with E-state index in [1.807, 2.05) is 0 Å². The Kier molecular flexibility index (Phi) is 6.07. The topological polar surface area (TPSA) is 55.4 Å². The number of nitrogens with one attached hydrogen (secondary N) is 1. The van der Waals surface area contributed by atoms with Gasteiger partial charge in [-0.15, -0.1) is 0 Å². The number of carbonyl (C=O) groups is 2. The van der Waals surface area contributed by atoms with Gasteiger partial charge in [-0.2, -0.15) is 0 Å². The van der Waals surface area contributed by atoms with Crippen LogP contribution in [-0.2, 0) is 14.3 Å². The average molecular weight is 295 g/mol. The summed E-state index contributed by atoms with van der Waals surface area (Å²) >= 11 is 0. The van der Waals surface area contributed by atoms with Crippen molar-refractivity contribution in [3.63, 3.8) is 0 Å². The summed E-state index contributed by atoms with van der Waals surface area (Å²) in [6.45, 7) is 4.31. The van der Waals surface area contributed by atoms with Crippen LogP contribution in [0.2, 0.25) is 0 Å². The van der Waals surface area contributed by atoms with Crippen molar-refractivity contribution in [3.05, 3.63) is 0 Å². The molecule has 0 unspecified atom stereocenters. The lowest BCUT2D eigenvalue weighted by Gasteiger charge is -2.34. The highest BCUT2D eigenvalue weighted by molar-refractivity contribution is 5.80. The minimum absolute atomic E-state index is 0.122. The molecule has 0 aromatic carbocycles. The van der Waals surface area contributed by atoms with E-state index in [0.29, 0.717) is 24.2 Å². The van der Waals surface area contributed by atoms with Crippen LogP contribution in [0.5, 0.6) is 0 Å². The number of rotatable bonds is 5. The molecule has 4 nitrogen and oxygen atoms in total. The Balaban J connectivity index is 1.65. The van der Waals surface area contributed by atoms with Crippen molar-refractivity contribution >= 4 is 11.9 Å². The SMILES string of the molecule is C[C@@H]1[C@H](C)CCC[C@H]1NC(=O)COC(=O)CC1CCCC1. The van der Waals surface area contributed by atoms with Crippen molar-refractivity contribution in [2.24, 2.45) is 17.8 Å². The summed E-state index contributed by atoms with van der Waals surface area (Å²) in [6, 6.07) is 0.231. The van der Waals surface area contributed by atoms with Crippen molar-refractivity contribution in [1.29, 1.82) is 0 Å². The fourth-order valence-corrected chi connectivity index (χ4v) is 3.69. The standard InChI is InChI=1S/C17H29NO3/c1-12-6-5-9-15(13(12)2)18-16(19)11-21-17(20)10-14-7-3-4-8-14/h12-15H,3-11H2,1-2H3,(H,18,19)/t12-,13-,15-/m1/s1. The summed E-state index contributed by atoms with van der Waals surface area (Å²) in [5.41, 5.74) is 0. The van der Waals surface area contributed by atoms with E-state index in [1.165, 1.54) is 19.3 Å². The van der Waals surface area contributed by atoms with Crippen molar-refractivity contribution in [2.45, 2.75) is 71.3 Å². The van der Waals surface area contributed by atoms with Crippen LogP contribution in [0.3, 0.4) is 0 Å². The number of hydrogen-bond acceptors (Lipinski definition) is 3. The van der Waals surface area contributed by atoms with Gasteiger partial charge in [-0.1, -0.05) is 39.5 Å². The third-order valence-corrected chi connectivity index (χ3v) is 5.35. The maximum Gasteiger partial charge on any atom is 0.306 e. The Labute approximate surface area is 128 Å². The molecule has 0 heterocycles. The van der Waals surface area contributed by atoms with Gasteiger partial charge in [-0.3, -0.25) is 9.59 Å². The van der Waals surface area contributed by atoms with Crippen molar-refractivity contribution < 1.29 is 14.3 Å². The molecule has 2 saturated carbocycles. The molecule has 0 saturated heterocycles. The van der Waals surface area contributed by atoms with E-state index in [2.05, 4.69) is 19.2 Å². The average Bonchev–Trinajstić information content (AvgIpc) is 2.94. The van der Waals surface area contributed by atoms with Crippen LogP contribution in [0.1, 0.15) is 65.2 Å². The zero-order valence-electron chi connectivity index (χ0n) is 13.4. The van der Waals surface area contributed by atoms with Gasteiger partial charge in [0.25, 0.3) is 5.91 Å². The maximum absolute atomic E-state index is 11.9. The van der Waals surface area contributed by atoms with Gasteiger partial charge < -0.3 is 10.1 Å². The fraction of sp³-hybridized carbons (Fsp3) is 0.882. The van der Waals surface area contributed by atoms with Crippen LogP contribution < -0.4 is 5.32 Å². The third-order valence-electron chi connectivity index (χ3n) is 5.35. The zero-order valence-corrected chi connectivity index (χ0v) is 13.4. The number of hydrogen-bond donors (Lipinski definition) is 1. The first-order valence-corrected chi connectivity index (χ1v) is 8.51. The van der Waals surface area contributed by atoms with E-state index in [9.17, 15) is 9.59 Å². The van der Waals surface area contributed by atoms with Crippen LogP contribution >= 0.6 is 0 Å². The lowest BCUT2D eigenvalue weighted by molar-refractivity contribution is -0.149. The normalized spacial score (nSPS) is 30.1. The number of esters is 1. The van der Waals surface area contributed by atoms with Crippen LogP contribution in [0.25, 0.3) is 0 Å². The highest BCUT2D eigenvalue weighted by atomic mass is 16.5. The molecule has 1 amide bonds. The smallest absolute Gasteiger partial charge is 0.306 e. The van der Waals surface area contributed by atoms with Gasteiger partial charge >= 0.3 is 5.97 Å². The monoisotopic (exact) mass is 295 g/mol. The fourth-order valence-electron chi connectivity index (χ4n) is 3.69. The van der Waals surface area contributed by atoms with E-state index in [1.54, 1.807) is 0 Å². The lowest BCUT2D eigenvalue weighted by Crippen LogP contribution is -2.45. The summed E-state index contributed by atoms with van der Waals surface area (Å²) in [7, 11) is 0. The van der Waals surface area contributed by atoms with E-state index in [0.717, 1.165) is 25.7 Å². The molecule has 0 bridgehead atoms. The van der Waals surface area contributed by atoms with Crippen molar-refractivity contribution in [3.8, 4) is 0 Å². The maximum atomic E-state index is 11.9. The Bertz CT molecular complexity index is 363. The highest BCUT2D eigenvalue weighted by Crippen LogP contribution is 2.29. The second-order valence-corrected chi connectivity index (χ2v) is 6.96. The van der Waals surface area contributed by atoms with E-state index in [4.69, 9.17) is 4.74 Å². The molecule has 21 heavy (non-hydrogen) atoms. The molecule has 3 atom stereocenters. The summed E-state index contributed by atoms with van der Waals surface area (Å²) in [4.78, 5) is 23.6. The quantitative estimate of drug-likeness (QED) is 0.793. The third kappa shape index (κ3) is 5.01. The van der Waals surface area contributed by atoms with Gasteiger partial charge in [0.2, 0.25) is 0 Å². The number of ether oxygens (including phenoxy) is 1. The van der Waals surface area contributed by atoms with Gasteiger partial charge in [0.1, 0.15) is 0 Å². The Morgan fingerprint density at radius 1 is 1.05 bits per heavy atom. The number of carbonyl (C=O) groups excluding carboxylic acids is 2. The molecule has 2 aliphatic rings. The molecular weight excluding hydrogens is 266 g/mol. The van der Waals surface area contributed by atoms with Crippen LogP contribution in [0.4, 0.5) is 0 Å². The summed E-state index contributed by atoms with van der Waals surface area (Å²) in [6.07, 6.45) is 8.60. The van der Waals surface area contributed by atoms with Gasteiger partial charge in [0.15, 0.2) is 6.61 Å². The predicted octanol–water partition coefficient (Wildman–Crippen LogP) is 3.05. The lowest BCUT2D eigenvalue weighted by atomic mass is 9.78. The molecule has 4 heteroatoms. The summed E-state index contributed by atoms with van der Waals surface area (Å²) in [5.74, 6) is 1.24. The largest absolute Gasteiger partial charge is 0.456 e. The molecule has 2 rings (SSSR count). The molecule has 0 aromatic rings. The van der Waals surface area contributed by atoms with E-state index in [-0.39, 0.29) is 24.5 Å². The van der Waals surface area contributed by atoms with Gasteiger partial charge in [-0.25, -0.2) is 0 Å². The Hall–Kier alpha value is -1.06. The van der Waals surface area contributed by atoms with Gasteiger partial charge in [0.05, 0.1) is 0 Å². The van der Waals surface area contributed by atoms with E-state index < -0.39 is 0 Å². The Morgan fingerprint density at radius 2 is 1.76 bits per heavy atom. The second-order valence-electron chi connectivity index (χ2n) is 6.96. The van der Waals surface area contributed by atoms with Gasteiger partial charge in [-0.05, 0) is 37.0 Å². The first kappa shape index (κ1) is 16.3. The minimum Gasteiger partial charge on any atom is -0.456 e. The highest BCUT2D eigenvalue weighted by Gasteiger charge is 2.28. The molecule has 0 aromatic heterocycles. The second kappa shape index (κ2) is 7.81. The molecule has 2 aliphatic carbocycles. The summed E-state index contributed by atoms with van der Waals surface area (Å²) in [5, 5.41) is 3.03. The van der Waals surface area contributed by atoms with E-state index >= 15 is 0 Å². The zero-order chi connectivity index (χ0) is 15.2. The molecular formula is C17H29NO3. The Morgan fingerprint density at radius 3 is 2.48 bits per heavy atom. The molecule has 0 aliphatic heterocycles. The molecule has 120 valence electrons. The van der Waals surface area contributed by atoms with Crippen LogP contribution in [-0.4, -0.2) is 24.5 Å². The molecule has 1 N–H and O–H groups in total. The summed E-state index contributed by atoms with van der Waals surface area (Å²) < 4.78 is 5.12.